The lowest BCUT2D eigenvalue weighted by Crippen LogP contribution is -2.36. The largest absolute Gasteiger partial charge is 0.494 e. The predicted octanol–water partition coefficient (Wildman–Crippen LogP) is 6.45. The minimum absolute atomic E-state index is 0.217. The maximum atomic E-state index is 13.0. The van der Waals surface area contributed by atoms with Crippen molar-refractivity contribution in [3.8, 4) is 16.9 Å². The molecule has 0 bridgehead atoms. The molecule has 0 aliphatic heterocycles. The molecule has 2 atom stereocenters. The van der Waals surface area contributed by atoms with E-state index in [1.54, 1.807) is 0 Å². The number of ether oxygens (including phenoxy) is 2. The highest BCUT2D eigenvalue weighted by Gasteiger charge is 2.35. The third-order valence-corrected chi connectivity index (χ3v) is 6.76. The highest BCUT2D eigenvalue weighted by molar-refractivity contribution is 5.95. The molecule has 3 rings (SSSR count). The Morgan fingerprint density at radius 3 is 2.51 bits per heavy atom. The number of hydrogen-bond acceptors (Lipinski definition) is 4. The number of carboxylic acid groups (broad SMARTS) is 1. The zero-order valence-electron chi connectivity index (χ0n) is 21.4. The second-order valence-electron chi connectivity index (χ2n) is 9.79. The molecule has 0 radical (unpaired) electrons. The van der Waals surface area contributed by atoms with Crippen LogP contribution in [0, 0.1) is 24.7 Å². The number of amides is 1. The van der Waals surface area contributed by atoms with E-state index in [9.17, 15) is 14.7 Å². The summed E-state index contributed by atoms with van der Waals surface area (Å²) in [5.41, 5.74) is 4.79. The van der Waals surface area contributed by atoms with Crippen LogP contribution in [0.2, 0.25) is 0 Å². The number of benzene rings is 2. The summed E-state index contributed by atoms with van der Waals surface area (Å²) >= 11 is 0. The van der Waals surface area contributed by atoms with E-state index < -0.39 is 17.8 Å². The molecule has 2 aromatic rings. The molecule has 1 aliphatic rings. The zero-order chi connectivity index (χ0) is 25.4. The van der Waals surface area contributed by atoms with Crippen molar-refractivity contribution in [2.24, 2.45) is 17.8 Å². The first-order chi connectivity index (χ1) is 16.8. The van der Waals surface area contributed by atoms with Gasteiger partial charge in [-0.1, -0.05) is 44.9 Å². The van der Waals surface area contributed by atoms with Gasteiger partial charge in [-0.25, -0.2) is 0 Å². The van der Waals surface area contributed by atoms with Gasteiger partial charge in [0, 0.05) is 12.3 Å². The van der Waals surface area contributed by atoms with E-state index in [1.807, 2.05) is 37.3 Å². The van der Waals surface area contributed by atoms with Crippen molar-refractivity contribution in [3.63, 3.8) is 0 Å². The summed E-state index contributed by atoms with van der Waals surface area (Å²) < 4.78 is 11.8. The minimum atomic E-state index is -0.885. The molecule has 1 fully saturated rings. The molecule has 1 amide bonds. The van der Waals surface area contributed by atoms with E-state index in [0.717, 1.165) is 47.3 Å². The van der Waals surface area contributed by atoms with Gasteiger partial charge in [-0.3, -0.25) is 9.59 Å². The molecule has 1 aliphatic carbocycles. The van der Waals surface area contributed by atoms with Gasteiger partial charge in [-0.2, -0.15) is 0 Å². The van der Waals surface area contributed by atoms with Gasteiger partial charge in [0.1, 0.15) is 5.75 Å². The molecular weight excluding hydrogens is 442 g/mol. The van der Waals surface area contributed by atoms with Crippen molar-refractivity contribution in [3.05, 3.63) is 47.5 Å². The number of carboxylic acids is 1. The van der Waals surface area contributed by atoms with Crippen molar-refractivity contribution in [2.45, 2.75) is 66.4 Å². The first-order valence-electron chi connectivity index (χ1n) is 12.8. The fraction of sp³-hybridized carbons (Fsp3) is 0.517. The lowest BCUT2D eigenvalue weighted by atomic mass is 9.78. The van der Waals surface area contributed by atoms with Crippen molar-refractivity contribution >= 4 is 17.6 Å². The number of rotatable bonds is 11. The van der Waals surface area contributed by atoms with E-state index in [4.69, 9.17) is 9.47 Å². The number of nitrogens with one attached hydrogen (secondary N) is 1. The van der Waals surface area contributed by atoms with Gasteiger partial charge in [0.05, 0.1) is 25.0 Å². The third kappa shape index (κ3) is 7.07. The molecule has 6 heteroatoms. The van der Waals surface area contributed by atoms with E-state index in [0.29, 0.717) is 44.3 Å². The number of carbonyl (C=O) groups is 2. The van der Waals surface area contributed by atoms with Crippen LogP contribution in [0.3, 0.4) is 0 Å². The zero-order valence-corrected chi connectivity index (χ0v) is 21.4. The van der Waals surface area contributed by atoms with Crippen molar-refractivity contribution < 1.29 is 24.2 Å². The predicted molar refractivity (Wildman–Crippen MR) is 139 cm³/mol. The van der Waals surface area contributed by atoms with Crippen LogP contribution in [-0.2, 0) is 20.9 Å². The van der Waals surface area contributed by atoms with Crippen molar-refractivity contribution in [1.82, 2.24) is 0 Å². The Hall–Kier alpha value is -2.86. The topological polar surface area (TPSA) is 84.9 Å². The van der Waals surface area contributed by atoms with Crippen LogP contribution in [0.5, 0.6) is 5.75 Å². The van der Waals surface area contributed by atoms with Gasteiger partial charge in [0.15, 0.2) is 0 Å². The Kier molecular flexibility index (Phi) is 9.73. The Balaban J connectivity index is 1.88. The monoisotopic (exact) mass is 481 g/mol. The molecule has 0 aromatic heterocycles. The molecule has 2 N–H and O–H groups in total. The summed E-state index contributed by atoms with van der Waals surface area (Å²) in [5, 5.41) is 12.6. The molecule has 35 heavy (non-hydrogen) atoms. The lowest BCUT2D eigenvalue weighted by molar-refractivity contribution is -0.147. The average Bonchev–Trinajstić information content (AvgIpc) is 2.83. The molecule has 0 spiro atoms. The van der Waals surface area contributed by atoms with Crippen LogP contribution >= 0.6 is 0 Å². The minimum Gasteiger partial charge on any atom is -0.494 e. The first kappa shape index (κ1) is 26.7. The van der Waals surface area contributed by atoms with Crippen molar-refractivity contribution in [2.75, 3.05) is 18.5 Å². The van der Waals surface area contributed by atoms with Crippen LogP contribution in [0.1, 0.15) is 64.0 Å². The second-order valence-corrected chi connectivity index (χ2v) is 9.79. The van der Waals surface area contributed by atoms with Gasteiger partial charge < -0.3 is 19.9 Å². The Morgan fingerprint density at radius 1 is 1.09 bits per heavy atom. The third-order valence-electron chi connectivity index (χ3n) is 6.76. The fourth-order valence-corrected chi connectivity index (χ4v) is 4.75. The summed E-state index contributed by atoms with van der Waals surface area (Å²) in [6.07, 6.45) is 3.87. The Bertz CT molecular complexity index is 1020. The maximum Gasteiger partial charge on any atom is 0.307 e. The summed E-state index contributed by atoms with van der Waals surface area (Å²) in [7, 11) is 0. The molecule has 1 saturated carbocycles. The summed E-state index contributed by atoms with van der Waals surface area (Å²) in [5.74, 6) is -0.813. The van der Waals surface area contributed by atoms with E-state index in [1.165, 1.54) is 0 Å². The summed E-state index contributed by atoms with van der Waals surface area (Å²) in [6, 6.07) is 11.9. The quantitative estimate of drug-likeness (QED) is 0.360. The highest BCUT2D eigenvalue weighted by atomic mass is 16.5. The van der Waals surface area contributed by atoms with Crippen LogP contribution in [0.15, 0.2) is 36.4 Å². The maximum absolute atomic E-state index is 13.0. The van der Waals surface area contributed by atoms with Gasteiger partial charge in [-0.05, 0) is 79.5 Å². The summed E-state index contributed by atoms with van der Waals surface area (Å²) in [6.45, 7) is 10.0. The molecular formula is C29H39NO5. The Morgan fingerprint density at radius 2 is 1.83 bits per heavy atom. The molecule has 190 valence electrons. The number of aliphatic carboxylic acids is 1. The van der Waals surface area contributed by atoms with Crippen LogP contribution in [0.4, 0.5) is 5.69 Å². The fourth-order valence-electron chi connectivity index (χ4n) is 4.75. The summed E-state index contributed by atoms with van der Waals surface area (Å²) in [4.78, 5) is 24.7. The van der Waals surface area contributed by atoms with Crippen LogP contribution in [-0.4, -0.2) is 30.2 Å². The van der Waals surface area contributed by atoms with E-state index >= 15 is 0 Å². The molecule has 0 heterocycles. The van der Waals surface area contributed by atoms with Crippen LogP contribution < -0.4 is 10.1 Å². The van der Waals surface area contributed by atoms with Crippen molar-refractivity contribution in [1.29, 1.82) is 0 Å². The smallest absolute Gasteiger partial charge is 0.307 e. The number of anilines is 1. The van der Waals surface area contributed by atoms with Crippen LogP contribution in [0.25, 0.3) is 11.1 Å². The standard InChI is InChI=1S/C29H39NO5/c1-5-35-27-12-8-11-23(20(27)4)24-14-13-22(17-21(24)18-34-16-15-19(2)3)30-28(31)25-9-6-7-10-26(25)29(32)33/h8,11-14,17,19,25-26H,5-7,9-10,15-16,18H2,1-4H3,(H,30,31)(H,32,33)/t25-,26-/m0/s1. The second kappa shape index (κ2) is 12.7. The lowest BCUT2D eigenvalue weighted by Gasteiger charge is -2.27. The molecule has 2 aromatic carbocycles. The van der Waals surface area contributed by atoms with Gasteiger partial charge in [0.2, 0.25) is 5.91 Å². The average molecular weight is 482 g/mol. The number of carbonyl (C=O) groups excluding carboxylic acids is 1. The molecule has 0 saturated heterocycles. The van der Waals surface area contributed by atoms with E-state index in [-0.39, 0.29) is 5.91 Å². The SMILES string of the molecule is CCOc1cccc(-c2ccc(NC(=O)[C@H]3CCCC[C@@H]3C(=O)O)cc2COCCC(C)C)c1C. The molecule has 6 nitrogen and oxygen atoms in total. The first-order valence-corrected chi connectivity index (χ1v) is 12.8. The molecule has 0 unspecified atom stereocenters. The highest BCUT2D eigenvalue weighted by Crippen LogP contribution is 2.35. The van der Waals surface area contributed by atoms with Gasteiger partial charge in [-0.15, -0.1) is 0 Å². The van der Waals surface area contributed by atoms with Gasteiger partial charge in [0.25, 0.3) is 0 Å². The number of hydrogen-bond donors (Lipinski definition) is 2. The van der Waals surface area contributed by atoms with Gasteiger partial charge >= 0.3 is 5.97 Å². The normalized spacial score (nSPS) is 17.9. The Labute approximate surface area is 209 Å². The van der Waals surface area contributed by atoms with E-state index in [2.05, 4.69) is 32.2 Å².